The third-order valence-corrected chi connectivity index (χ3v) is 5.70. The Balaban J connectivity index is 1.58. The van der Waals surface area contributed by atoms with Gasteiger partial charge in [-0.15, -0.1) is 11.3 Å². The van der Waals surface area contributed by atoms with Crippen molar-refractivity contribution < 1.29 is 0 Å². The minimum atomic E-state index is 0.565. The molecule has 4 rings (SSSR count). The van der Waals surface area contributed by atoms with Gasteiger partial charge in [0.05, 0.1) is 5.69 Å². The molecular weight excluding hydrogens is 326 g/mol. The van der Waals surface area contributed by atoms with Gasteiger partial charge >= 0.3 is 0 Å². The van der Waals surface area contributed by atoms with E-state index in [2.05, 4.69) is 22.6 Å². The molecule has 2 N–H and O–H groups in total. The Kier molecular flexibility index (Phi) is 4.04. The zero-order chi connectivity index (χ0) is 15.8. The lowest BCUT2D eigenvalue weighted by molar-refractivity contribution is 0.358. The highest BCUT2D eigenvalue weighted by Crippen LogP contribution is 2.33. The van der Waals surface area contributed by atoms with E-state index in [-0.39, 0.29) is 0 Å². The summed E-state index contributed by atoms with van der Waals surface area (Å²) in [7, 11) is 0. The number of hydrogen-bond acceptors (Lipinski definition) is 3. The maximum Gasteiger partial charge on any atom is 0.183 e. The van der Waals surface area contributed by atoms with E-state index in [0.717, 1.165) is 38.2 Å². The molecule has 0 spiro atoms. The largest absolute Gasteiger partial charge is 0.360 e. The zero-order valence-corrected chi connectivity index (χ0v) is 14.7. The minimum Gasteiger partial charge on any atom is -0.360 e. The van der Waals surface area contributed by atoms with Gasteiger partial charge in [0.25, 0.3) is 0 Å². The smallest absolute Gasteiger partial charge is 0.183 e. The van der Waals surface area contributed by atoms with Crippen LogP contribution in [-0.2, 0) is 0 Å². The minimum absolute atomic E-state index is 0.565. The second kappa shape index (κ2) is 6.17. The van der Waals surface area contributed by atoms with Crippen molar-refractivity contribution in [2.24, 2.45) is 5.92 Å². The highest BCUT2D eigenvalue weighted by atomic mass is 35.5. The summed E-state index contributed by atoms with van der Waals surface area (Å²) in [4.78, 5) is 8.09. The molecule has 0 bridgehead atoms. The Labute approximate surface area is 145 Å². The molecule has 0 aliphatic heterocycles. The van der Waals surface area contributed by atoms with E-state index in [4.69, 9.17) is 16.6 Å². The Bertz CT molecular complexity index is 823. The maximum atomic E-state index is 6.14. The van der Waals surface area contributed by atoms with Crippen LogP contribution in [0.5, 0.6) is 0 Å². The van der Waals surface area contributed by atoms with Gasteiger partial charge in [0.15, 0.2) is 5.13 Å². The number of benzene rings is 1. The fourth-order valence-electron chi connectivity index (χ4n) is 3.51. The van der Waals surface area contributed by atoms with Crippen molar-refractivity contribution in [2.45, 2.75) is 38.6 Å². The molecule has 1 saturated carbocycles. The van der Waals surface area contributed by atoms with E-state index >= 15 is 0 Å². The number of fused-ring (bicyclic) bond motifs is 1. The molecule has 0 radical (unpaired) electrons. The molecule has 0 saturated heterocycles. The van der Waals surface area contributed by atoms with Crippen molar-refractivity contribution in [3.8, 4) is 11.3 Å². The quantitative estimate of drug-likeness (QED) is 0.617. The topological polar surface area (TPSA) is 40.7 Å². The van der Waals surface area contributed by atoms with Crippen LogP contribution in [-0.4, -0.2) is 16.0 Å². The average molecular weight is 346 g/mol. The summed E-state index contributed by atoms with van der Waals surface area (Å²) in [5.41, 5.74) is 3.21. The van der Waals surface area contributed by atoms with E-state index < -0.39 is 0 Å². The average Bonchev–Trinajstić information content (AvgIpc) is 3.13. The standard InChI is InChI=1S/C18H20ClN3S/c1-11-3-2-4-13(7-11)21-18-22-17(10-23-18)15-9-20-16-6-5-12(19)8-14(15)16/h5-6,8-11,13,20H,2-4,7H2,1H3,(H,21,22)/t11-,13-/m0/s1. The second-order valence-corrected chi connectivity index (χ2v) is 7.84. The van der Waals surface area contributed by atoms with E-state index in [0.29, 0.717) is 6.04 Å². The van der Waals surface area contributed by atoms with Crippen LogP contribution in [0.4, 0.5) is 5.13 Å². The summed E-state index contributed by atoms with van der Waals surface area (Å²) in [6.07, 6.45) is 7.19. The summed E-state index contributed by atoms with van der Waals surface area (Å²) in [5, 5.41) is 8.65. The third-order valence-electron chi connectivity index (χ3n) is 4.69. The summed E-state index contributed by atoms with van der Waals surface area (Å²) in [5.74, 6) is 0.816. The Morgan fingerprint density at radius 2 is 2.26 bits per heavy atom. The van der Waals surface area contributed by atoms with Gasteiger partial charge in [-0.1, -0.05) is 31.4 Å². The second-order valence-electron chi connectivity index (χ2n) is 6.54. The number of hydrogen-bond donors (Lipinski definition) is 2. The van der Waals surface area contributed by atoms with Crippen molar-refractivity contribution in [1.29, 1.82) is 0 Å². The first-order chi connectivity index (χ1) is 11.2. The van der Waals surface area contributed by atoms with Crippen molar-refractivity contribution in [3.63, 3.8) is 0 Å². The number of nitrogens with zero attached hydrogens (tertiary/aromatic N) is 1. The fraction of sp³-hybridized carbons (Fsp3) is 0.389. The van der Waals surface area contributed by atoms with E-state index in [9.17, 15) is 0 Å². The van der Waals surface area contributed by atoms with Gasteiger partial charge in [-0.25, -0.2) is 4.98 Å². The number of anilines is 1. The molecule has 1 aliphatic rings. The fourth-order valence-corrected chi connectivity index (χ4v) is 4.47. The predicted octanol–water partition coefficient (Wildman–Crippen LogP) is 5.94. The number of nitrogens with one attached hydrogen (secondary N) is 2. The van der Waals surface area contributed by atoms with Gasteiger partial charge in [-0.2, -0.15) is 0 Å². The number of H-pyrrole nitrogens is 1. The molecular formula is C18H20ClN3S. The third kappa shape index (κ3) is 3.10. The molecule has 1 aliphatic carbocycles. The van der Waals surface area contributed by atoms with Crippen LogP contribution in [0.25, 0.3) is 22.2 Å². The first kappa shape index (κ1) is 15.0. The molecule has 1 aromatic carbocycles. The molecule has 3 nitrogen and oxygen atoms in total. The van der Waals surface area contributed by atoms with Gasteiger partial charge in [-0.05, 0) is 37.0 Å². The molecule has 23 heavy (non-hydrogen) atoms. The molecule has 2 atom stereocenters. The van der Waals surface area contributed by atoms with Gasteiger partial charge in [-0.3, -0.25) is 0 Å². The maximum absolute atomic E-state index is 6.14. The Morgan fingerprint density at radius 1 is 1.35 bits per heavy atom. The molecule has 5 heteroatoms. The normalized spacial score (nSPS) is 21.7. The number of aromatic nitrogens is 2. The number of halogens is 1. The van der Waals surface area contributed by atoms with E-state index in [1.807, 2.05) is 24.4 Å². The van der Waals surface area contributed by atoms with Crippen molar-refractivity contribution in [3.05, 3.63) is 34.8 Å². The molecule has 2 heterocycles. The van der Waals surface area contributed by atoms with Crippen LogP contribution in [0.15, 0.2) is 29.8 Å². The zero-order valence-electron chi connectivity index (χ0n) is 13.1. The van der Waals surface area contributed by atoms with Crippen molar-refractivity contribution in [2.75, 3.05) is 5.32 Å². The number of aromatic amines is 1. The van der Waals surface area contributed by atoms with E-state index in [1.165, 1.54) is 25.7 Å². The van der Waals surface area contributed by atoms with E-state index in [1.54, 1.807) is 11.3 Å². The molecule has 0 unspecified atom stereocenters. The Hall–Kier alpha value is -1.52. The summed E-state index contributed by atoms with van der Waals surface area (Å²) < 4.78 is 0. The highest BCUT2D eigenvalue weighted by Gasteiger charge is 2.20. The first-order valence-electron chi connectivity index (χ1n) is 8.18. The molecule has 3 aromatic rings. The lowest BCUT2D eigenvalue weighted by Crippen LogP contribution is -2.26. The van der Waals surface area contributed by atoms with Gasteiger partial charge in [0.1, 0.15) is 0 Å². The van der Waals surface area contributed by atoms with Gasteiger partial charge in [0.2, 0.25) is 0 Å². The van der Waals surface area contributed by atoms with Crippen LogP contribution in [0.3, 0.4) is 0 Å². The first-order valence-corrected chi connectivity index (χ1v) is 9.44. The summed E-state index contributed by atoms with van der Waals surface area (Å²) in [6.45, 7) is 2.34. The van der Waals surface area contributed by atoms with Crippen LogP contribution >= 0.6 is 22.9 Å². The highest BCUT2D eigenvalue weighted by molar-refractivity contribution is 7.14. The number of thiazole rings is 1. The number of rotatable bonds is 3. The summed E-state index contributed by atoms with van der Waals surface area (Å²) >= 11 is 7.82. The van der Waals surface area contributed by atoms with Crippen molar-refractivity contribution in [1.82, 2.24) is 9.97 Å². The molecule has 1 fully saturated rings. The monoisotopic (exact) mass is 345 g/mol. The Morgan fingerprint density at radius 3 is 3.13 bits per heavy atom. The summed E-state index contributed by atoms with van der Waals surface area (Å²) in [6, 6.07) is 6.48. The van der Waals surface area contributed by atoms with Crippen molar-refractivity contribution >= 4 is 39.0 Å². The van der Waals surface area contributed by atoms with Crippen LogP contribution in [0.2, 0.25) is 5.02 Å². The predicted molar refractivity (Wildman–Crippen MR) is 99.5 cm³/mol. The van der Waals surface area contributed by atoms with Gasteiger partial charge < -0.3 is 10.3 Å². The lowest BCUT2D eigenvalue weighted by Gasteiger charge is -2.27. The van der Waals surface area contributed by atoms with Crippen LogP contribution in [0.1, 0.15) is 32.6 Å². The lowest BCUT2D eigenvalue weighted by atomic mass is 9.87. The van der Waals surface area contributed by atoms with Crippen LogP contribution in [0, 0.1) is 5.92 Å². The van der Waals surface area contributed by atoms with Gasteiger partial charge in [0, 0.05) is 39.1 Å². The SMILES string of the molecule is C[C@H]1CCC[C@H](Nc2nc(-c3c[nH]c4ccc(Cl)cc34)cs2)C1. The van der Waals surface area contributed by atoms with Crippen LogP contribution < -0.4 is 5.32 Å². The molecule has 2 aromatic heterocycles. The molecule has 0 amide bonds. The molecule has 120 valence electrons.